The minimum absolute atomic E-state index is 0.380. The van der Waals surface area contributed by atoms with Gasteiger partial charge in [0.25, 0.3) is 0 Å². The zero-order chi connectivity index (χ0) is 13.7. The molecule has 0 saturated heterocycles. The molecule has 2 aromatic rings. The summed E-state index contributed by atoms with van der Waals surface area (Å²) in [4.78, 5) is 0. The van der Waals surface area contributed by atoms with Gasteiger partial charge in [0.15, 0.2) is 0 Å². The third-order valence-electron chi connectivity index (χ3n) is 3.54. The van der Waals surface area contributed by atoms with E-state index in [1.54, 1.807) is 7.11 Å². The number of nitrogens with zero attached hydrogens (tertiary/aromatic N) is 1. The molecular weight excluding hydrogens is 236 g/mol. The van der Waals surface area contributed by atoms with Gasteiger partial charge in [0.2, 0.25) is 0 Å². The van der Waals surface area contributed by atoms with E-state index in [2.05, 4.69) is 47.3 Å². The number of hydrogen-bond acceptors (Lipinski definition) is 2. The number of rotatable bonds is 6. The molecule has 0 saturated carbocycles. The van der Waals surface area contributed by atoms with E-state index >= 15 is 0 Å². The fourth-order valence-corrected chi connectivity index (χ4v) is 2.21. The van der Waals surface area contributed by atoms with Crippen LogP contribution in [0.15, 0.2) is 42.6 Å². The molecule has 3 nitrogen and oxygen atoms in total. The van der Waals surface area contributed by atoms with Gasteiger partial charge in [-0.2, -0.15) is 0 Å². The molecule has 19 heavy (non-hydrogen) atoms. The first-order valence-corrected chi connectivity index (χ1v) is 6.70. The Morgan fingerprint density at radius 2 is 1.95 bits per heavy atom. The molecule has 0 fully saturated rings. The van der Waals surface area contributed by atoms with Crippen molar-refractivity contribution in [2.24, 2.45) is 0 Å². The molecule has 0 amide bonds. The molecule has 3 heteroatoms. The number of ether oxygens (including phenoxy) is 1. The number of aryl methyl sites for hydroxylation is 2. The minimum Gasteiger partial charge on any atom is -0.497 e. The van der Waals surface area contributed by atoms with Gasteiger partial charge in [-0.15, -0.1) is 0 Å². The highest BCUT2D eigenvalue weighted by Gasteiger charge is 2.07. The topological polar surface area (TPSA) is 26.2 Å². The molecule has 1 heterocycles. The summed E-state index contributed by atoms with van der Waals surface area (Å²) in [5.41, 5.74) is 2.66. The first-order chi connectivity index (χ1) is 9.24. The number of methoxy groups -OCH3 is 1. The molecule has 1 unspecified atom stereocenters. The Bertz CT molecular complexity index is 502. The Balaban J connectivity index is 2.00. The Hall–Kier alpha value is -1.74. The minimum atomic E-state index is 0.380. The van der Waals surface area contributed by atoms with Gasteiger partial charge >= 0.3 is 0 Å². The van der Waals surface area contributed by atoms with E-state index in [4.69, 9.17) is 4.74 Å². The molecule has 0 radical (unpaired) electrons. The normalized spacial score (nSPS) is 12.4. The van der Waals surface area contributed by atoms with Gasteiger partial charge in [0.1, 0.15) is 5.75 Å². The Morgan fingerprint density at radius 3 is 2.58 bits per heavy atom. The monoisotopic (exact) mass is 258 g/mol. The SMILES string of the molecule is CNC(C)c1cccn1CCc1ccc(OC)cc1. The van der Waals surface area contributed by atoms with Gasteiger partial charge in [-0.1, -0.05) is 12.1 Å². The summed E-state index contributed by atoms with van der Waals surface area (Å²) in [7, 11) is 3.69. The van der Waals surface area contributed by atoms with Crippen LogP contribution in [0.3, 0.4) is 0 Å². The van der Waals surface area contributed by atoms with E-state index in [9.17, 15) is 0 Å². The van der Waals surface area contributed by atoms with Crippen molar-refractivity contribution in [3.05, 3.63) is 53.9 Å². The van der Waals surface area contributed by atoms with Crippen LogP contribution in [-0.2, 0) is 13.0 Å². The summed E-state index contributed by atoms with van der Waals surface area (Å²) in [5, 5.41) is 3.28. The molecule has 1 aromatic heterocycles. The molecule has 0 aliphatic rings. The van der Waals surface area contributed by atoms with E-state index in [1.165, 1.54) is 11.3 Å². The van der Waals surface area contributed by atoms with Crippen molar-refractivity contribution in [2.45, 2.75) is 25.9 Å². The Kier molecular flexibility index (Phi) is 4.63. The van der Waals surface area contributed by atoms with Crippen LogP contribution in [-0.4, -0.2) is 18.7 Å². The van der Waals surface area contributed by atoms with Gasteiger partial charge in [0, 0.05) is 24.5 Å². The highest BCUT2D eigenvalue weighted by atomic mass is 16.5. The van der Waals surface area contributed by atoms with Crippen LogP contribution in [0.4, 0.5) is 0 Å². The maximum Gasteiger partial charge on any atom is 0.118 e. The molecule has 102 valence electrons. The van der Waals surface area contributed by atoms with Crippen molar-refractivity contribution in [1.82, 2.24) is 9.88 Å². The maximum atomic E-state index is 5.17. The highest BCUT2D eigenvalue weighted by molar-refractivity contribution is 5.27. The lowest BCUT2D eigenvalue weighted by Crippen LogP contribution is -2.17. The molecule has 0 aliphatic heterocycles. The van der Waals surface area contributed by atoms with Crippen LogP contribution in [0, 0.1) is 0 Å². The smallest absolute Gasteiger partial charge is 0.118 e. The molecule has 0 aliphatic carbocycles. The average molecular weight is 258 g/mol. The second-order valence-electron chi connectivity index (χ2n) is 4.73. The lowest BCUT2D eigenvalue weighted by molar-refractivity contribution is 0.414. The third-order valence-corrected chi connectivity index (χ3v) is 3.54. The molecule has 0 spiro atoms. The first kappa shape index (κ1) is 13.7. The number of hydrogen-bond donors (Lipinski definition) is 1. The zero-order valence-corrected chi connectivity index (χ0v) is 11.9. The van der Waals surface area contributed by atoms with Crippen molar-refractivity contribution in [2.75, 3.05) is 14.2 Å². The quantitative estimate of drug-likeness (QED) is 0.862. The van der Waals surface area contributed by atoms with Crippen molar-refractivity contribution in [3.8, 4) is 5.75 Å². The Labute approximate surface area is 115 Å². The van der Waals surface area contributed by atoms with Crippen molar-refractivity contribution < 1.29 is 4.74 Å². The molecule has 2 rings (SSSR count). The molecule has 1 aromatic carbocycles. The number of nitrogens with one attached hydrogen (secondary N) is 1. The maximum absolute atomic E-state index is 5.17. The van der Waals surface area contributed by atoms with Crippen molar-refractivity contribution in [3.63, 3.8) is 0 Å². The van der Waals surface area contributed by atoms with Gasteiger partial charge in [-0.25, -0.2) is 0 Å². The van der Waals surface area contributed by atoms with Crippen LogP contribution in [0.5, 0.6) is 5.75 Å². The number of benzene rings is 1. The summed E-state index contributed by atoms with van der Waals surface area (Å²) < 4.78 is 7.48. The zero-order valence-electron chi connectivity index (χ0n) is 11.9. The van der Waals surface area contributed by atoms with Crippen LogP contribution in [0.2, 0.25) is 0 Å². The molecular formula is C16H22N2O. The van der Waals surface area contributed by atoms with E-state index in [0.29, 0.717) is 6.04 Å². The molecule has 0 bridgehead atoms. The van der Waals surface area contributed by atoms with E-state index in [0.717, 1.165) is 18.7 Å². The van der Waals surface area contributed by atoms with Gasteiger partial charge in [0.05, 0.1) is 7.11 Å². The lowest BCUT2D eigenvalue weighted by Gasteiger charge is -2.15. The summed E-state index contributed by atoms with van der Waals surface area (Å²) in [5.74, 6) is 0.911. The van der Waals surface area contributed by atoms with E-state index in [1.807, 2.05) is 19.2 Å². The molecule has 1 N–H and O–H groups in total. The average Bonchev–Trinajstić information content (AvgIpc) is 2.93. The van der Waals surface area contributed by atoms with Crippen LogP contribution in [0.25, 0.3) is 0 Å². The third kappa shape index (κ3) is 3.38. The predicted molar refractivity (Wildman–Crippen MR) is 78.6 cm³/mol. The van der Waals surface area contributed by atoms with Gasteiger partial charge < -0.3 is 14.6 Å². The van der Waals surface area contributed by atoms with Crippen molar-refractivity contribution >= 4 is 0 Å². The van der Waals surface area contributed by atoms with Gasteiger partial charge in [-0.05, 0) is 50.2 Å². The summed E-state index contributed by atoms with van der Waals surface area (Å²) in [6.45, 7) is 3.18. The fraction of sp³-hybridized carbons (Fsp3) is 0.375. The lowest BCUT2D eigenvalue weighted by atomic mass is 10.1. The highest BCUT2D eigenvalue weighted by Crippen LogP contribution is 2.15. The fourth-order valence-electron chi connectivity index (χ4n) is 2.21. The van der Waals surface area contributed by atoms with Crippen LogP contribution < -0.4 is 10.1 Å². The van der Waals surface area contributed by atoms with Crippen LogP contribution in [0.1, 0.15) is 24.2 Å². The first-order valence-electron chi connectivity index (χ1n) is 6.70. The standard InChI is InChI=1S/C16H22N2O/c1-13(17-2)16-5-4-11-18(16)12-10-14-6-8-15(19-3)9-7-14/h4-9,11,13,17H,10,12H2,1-3H3. The number of aromatic nitrogens is 1. The summed E-state index contributed by atoms with van der Waals surface area (Å²) in [6.07, 6.45) is 3.18. The van der Waals surface area contributed by atoms with Gasteiger partial charge in [-0.3, -0.25) is 0 Å². The molecule has 1 atom stereocenters. The summed E-state index contributed by atoms with van der Waals surface area (Å²) >= 11 is 0. The van der Waals surface area contributed by atoms with Crippen molar-refractivity contribution in [1.29, 1.82) is 0 Å². The Morgan fingerprint density at radius 1 is 1.21 bits per heavy atom. The van der Waals surface area contributed by atoms with E-state index in [-0.39, 0.29) is 0 Å². The predicted octanol–water partition coefficient (Wildman–Crippen LogP) is 3.02. The second kappa shape index (κ2) is 6.43. The second-order valence-corrected chi connectivity index (χ2v) is 4.73. The largest absolute Gasteiger partial charge is 0.497 e. The van der Waals surface area contributed by atoms with E-state index < -0.39 is 0 Å². The van der Waals surface area contributed by atoms with Crippen LogP contribution >= 0.6 is 0 Å². The summed E-state index contributed by atoms with van der Waals surface area (Å²) in [6, 6.07) is 13.0.